The van der Waals surface area contributed by atoms with Gasteiger partial charge in [-0.25, -0.2) is 4.79 Å². The minimum absolute atomic E-state index is 0.0674. The van der Waals surface area contributed by atoms with Crippen LogP contribution in [0.25, 0.3) is 0 Å². The van der Waals surface area contributed by atoms with Crippen LogP contribution in [0, 0.1) is 0 Å². The number of urea groups is 1. The third-order valence-corrected chi connectivity index (χ3v) is 5.08. The minimum Gasteiger partial charge on any atom is -0.330 e. The van der Waals surface area contributed by atoms with Crippen molar-refractivity contribution in [1.29, 1.82) is 0 Å². The summed E-state index contributed by atoms with van der Waals surface area (Å²) in [5.74, 6) is 0. The van der Waals surface area contributed by atoms with Crippen LogP contribution in [0.3, 0.4) is 0 Å². The van der Waals surface area contributed by atoms with Gasteiger partial charge in [0.15, 0.2) is 0 Å². The first-order valence-electron chi connectivity index (χ1n) is 8.54. The molecule has 0 spiro atoms. The average Bonchev–Trinajstić information content (AvgIpc) is 2.98. The van der Waals surface area contributed by atoms with Gasteiger partial charge in [-0.1, -0.05) is 30.3 Å². The molecule has 120 valence electrons. The van der Waals surface area contributed by atoms with Gasteiger partial charge >= 0.3 is 6.03 Å². The highest BCUT2D eigenvalue weighted by molar-refractivity contribution is 5.75. The van der Waals surface area contributed by atoms with Crippen molar-refractivity contribution in [2.45, 2.75) is 44.2 Å². The van der Waals surface area contributed by atoms with Crippen molar-refractivity contribution in [1.82, 2.24) is 15.1 Å². The topological polar surface area (TPSA) is 35.6 Å². The van der Waals surface area contributed by atoms with Gasteiger partial charge in [0.1, 0.15) is 0 Å². The molecule has 2 fully saturated rings. The number of amides is 2. The van der Waals surface area contributed by atoms with E-state index in [9.17, 15) is 4.79 Å². The Morgan fingerprint density at radius 2 is 1.91 bits per heavy atom. The molecular formula is C18H27N3O. The fourth-order valence-electron chi connectivity index (χ4n) is 3.33. The highest BCUT2D eigenvalue weighted by Crippen LogP contribution is 2.24. The lowest BCUT2D eigenvalue weighted by atomic mass is 9.92. The van der Waals surface area contributed by atoms with Gasteiger partial charge in [-0.05, 0) is 50.8 Å². The van der Waals surface area contributed by atoms with Crippen LogP contribution >= 0.6 is 0 Å². The molecule has 1 aromatic carbocycles. The molecule has 22 heavy (non-hydrogen) atoms. The zero-order valence-corrected chi connectivity index (χ0v) is 13.5. The highest BCUT2D eigenvalue weighted by atomic mass is 16.2. The van der Waals surface area contributed by atoms with Crippen molar-refractivity contribution >= 4 is 6.03 Å². The summed E-state index contributed by atoms with van der Waals surface area (Å²) in [4.78, 5) is 16.9. The lowest BCUT2D eigenvalue weighted by Gasteiger charge is -2.36. The van der Waals surface area contributed by atoms with Gasteiger partial charge in [0, 0.05) is 19.6 Å². The summed E-state index contributed by atoms with van der Waals surface area (Å²) >= 11 is 0. The number of hydrogen-bond donors (Lipinski definition) is 1. The summed E-state index contributed by atoms with van der Waals surface area (Å²) in [6, 6.07) is 10.9. The monoisotopic (exact) mass is 301 g/mol. The van der Waals surface area contributed by atoms with Crippen LogP contribution in [0.5, 0.6) is 0 Å². The van der Waals surface area contributed by atoms with Crippen molar-refractivity contribution in [3.8, 4) is 0 Å². The summed E-state index contributed by atoms with van der Waals surface area (Å²) in [7, 11) is 1.93. The summed E-state index contributed by atoms with van der Waals surface area (Å²) in [6.45, 7) is 3.21. The van der Waals surface area contributed by atoms with E-state index >= 15 is 0 Å². The van der Waals surface area contributed by atoms with Crippen molar-refractivity contribution in [2.24, 2.45) is 0 Å². The number of rotatable bonds is 5. The van der Waals surface area contributed by atoms with E-state index in [0.717, 1.165) is 32.5 Å². The highest BCUT2D eigenvalue weighted by Gasteiger charge is 2.28. The van der Waals surface area contributed by atoms with Gasteiger partial charge in [-0.2, -0.15) is 0 Å². The fourth-order valence-corrected chi connectivity index (χ4v) is 3.33. The lowest BCUT2D eigenvalue weighted by molar-refractivity contribution is 0.152. The third-order valence-electron chi connectivity index (χ3n) is 5.08. The molecule has 0 radical (unpaired) electrons. The Balaban J connectivity index is 1.65. The van der Waals surface area contributed by atoms with Crippen LogP contribution in [-0.2, 0) is 0 Å². The van der Waals surface area contributed by atoms with Crippen LogP contribution in [0.4, 0.5) is 4.79 Å². The van der Waals surface area contributed by atoms with E-state index < -0.39 is 0 Å². The Labute approximate surface area is 133 Å². The first-order valence-corrected chi connectivity index (χ1v) is 8.54. The molecule has 1 aliphatic heterocycles. The van der Waals surface area contributed by atoms with E-state index in [4.69, 9.17) is 0 Å². The Morgan fingerprint density at radius 1 is 1.23 bits per heavy atom. The zero-order chi connectivity index (χ0) is 15.4. The molecule has 1 aromatic rings. The number of carbonyl (C=O) groups excluding carboxylic acids is 1. The molecule has 4 heteroatoms. The van der Waals surface area contributed by atoms with Crippen molar-refractivity contribution < 1.29 is 4.79 Å². The van der Waals surface area contributed by atoms with Crippen LogP contribution in [-0.4, -0.2) is 48.6 Å². The molecule has 1 N–H and O–H groups in total. The van der Waals surface area contributed by atoms with E-state index in [2.05, 4.69) is 22.3 Å². The van der Waals surface area contributed by atoms with Crippen LogP contribution in [0.2, 0.25) is 0 Å². The molecule has 3 rings (SSSR count). The molecule has 1 aliphatic carbocycles. The molecule has 2 aliphatic rings. The van der Waals surface area contributed by atoms with Gasteiger partial charge in [-0.15, -0.1) is 0 Å². The fraction of sp³-hybridized carbons (Fsp3) is 0.611. The van der Waals surface area contributed by atoms with Crippen LogP contribution in [0.15, 0.2) is 30.3 Å². The first kappa shape index (κ1) is 15.3. The maximum Gasteiger partial charge on any atom is 0.317 e. The second kappa shape index (κ2) is 7.14. The normalized spacial score (nSPS) is 20.4. The van der Waals surface area contributed by atoms with E-state index in [1.54, 1.807) is 0 Å². The zero-order valence-electron chi connectivity index (χ0n) is 13.5. The van der Waals surface area contributed by atoms with Gasteiger partial charge in [0.2, 0.25) is 0 Å². The van der Waals surface area contributed by atoms with Crippen molar-refractivity contribution in [3.05, 3.63) is 35.9 Å². The molecule has 0 aromatic heterocycles. The maximum atomic E-state index is 12.5. The maximum absolute atomic E-state index is 12.5. The second-order valence-electron chi connectivity index (χ2n) is 6.62. The molecule has 1 saturated carbocycles. The quantitative estimate of drug-likeness (QED) is 0.907. The van der Waals surface area contributed by atoms with Crippen molar-refractivity contribution in [3.63, 3.8) is 0 Å². The lowest BCUT2D eigenvalue weighted by Crippen LogP contribution is -2.48. The predicted molar refractivity (Wildman–Crippen MR) is 88.8 cm³/mol. The summed E-state index contributed by atoms with van der Waals surface area (Å²) in [6.07, 6.45) is 6.09. The van der Waals surface area contributed by atoms with Crippen molar-refractivity contribution in [2.75, 3.05) is 26.7 Å². The van der Waals surface area contributed by atoms with Crippen LogP contribution in [0.1, 0.15) is 43.7 Å². The number of nitrogens with one attached hydrogen (secondary N) is 1. The number of hydrogen-bond acceptors (Lipinski definition) is 2. The number of nitrogens with zero attached hydrogens (tertiary/aromatic N) is 2. The number of carbonyl (C=O) groups is 1. The average molecular weight is 301 g/mol. The first-order chi connectivity index (χ1) is 10.7. The third kappa shape index (κ3) is 3.61. The SMILES string of the molecule is CN(C(=O)NC(CN1CCCC1)c1ccccc1)C1CCC1. The summed E-state index contributed by atoms with van der Waals surface area (Å²) in [5.41, 5.74) is 1.20. The van der Waals surface area contributed by atoms with E-state index in [1.807, 2.05) is 30.1 Å². The van der Waals surface area contributed by atoms with E-state index in [0.29, 0.717) is 6.04 Å². The van der Waals surface area contributed by atoms with Crippen LogP contribution < -0.4 is 5.32 Å². The van der Waals surface area contributed by atoms with Gasteiger partial charge in [0.05, 0.1) is 6.04 Å². The number of benzene rings is 1. The Hall–Kier alpha value is -1.55. The summed E-state index contributed by atoms with van der Waals surface area (Å²) in [5, 5.41) is 3.25. The molecule has 1 unspecified atom stereocenters. The van der Waals surface area contributed by atoms with Gasteiger partial charge in [0.25, 0.3) is 0 Å². The molecule has 1 atom stereocenters. The molecule has 2 amide bonds. The predicted octanol–water partition coefficient (Wildman–Crippen LogP) is 3.02. The Kier molecular flexibility index (Phi) is 4.98. The molecular weight excluding hydrogens is 274 g/mol. The molecule has 1 saturated heterocycles. The minimum atomic E-state index is 0.0674. The number of likely N-dealkylation sites (tertiary alicyclic amines) is 1. The largest absolute Gasteiger partial charge is 0.330 e. The Morgan fingerprint density at radius 3 is 2.50 bits per heavy atom. The standard InChI is InChI=1S/C18H27N3O/c1-20(16-10-7-11-16)18(22)19-17(14-21-12-5-6-13-21)15-8-3-2-4-9-15/h2-4,8-9,16-17H,5-7,10-14H2,1H3,(H,19,22). The van der Waals surface area contributed by atoms with E-state index in [-0.39, 0.29) is 12.1 Å². The molecule has 0 bridgehead atoms. The summed E-state index contributed by atoms with van der Waals surface area (Å²) < 4.78 is 0. The van der Waals surface area contributed by atoms with Gasteiger partial charge in [-0.3, -0.25) is 0 Å². The Bertz CT molecular complexity index is 480. The molecule has 1 heterocycles. The van der Waals surface area contributed by atoms with E-state index in [1.165, 1.54) is 24.8 Å². The molecule has 4 nitrogen and oxygen atoms in total. The smallest absolute Gasteiger partial charge is 0.317 e. The second-order valence-corrected chi connectivity index (χ2v) is 6.62. The van der Waals surface area contributed by atoms with Gasteiger partial charge < -0.3 is 15.1 Å².